The summed E-state index contributed by atoms with van der Waals surface area (Å²) >= 11 is 1.28. The van der Waals surface area contributed by atoms with Gasteiger partial charge in [-0.15, -0.1) is 0 Å². The minimum atomic E-state index is 0.139. The molecule has 2 rings (SSSR count). The van der Waals surface area contributed by atoms with Crippen molar-refractivity contribution in [2.24, 2.45) is 5.41 Å². The summed E-state index contributed by atoms with van der Waals surface area (Å²) in [6, 6.07) is 0.287. The first kappa shape index (κ1) is 9.67. The van der Waals surface area contributed by atoms with Gasteiger partial charge >= 0.3 is 0 Å². The first-order chi connectivity index (χ1) is 6.58. The van der Waals surface area contributed by atoms with Crippen molar-refractivity contribution in [3.8, 4) is 0 Å². The molecule has 0 radical (unpaired) electrons. The van der Waals surface area contributed by atoms with E-state index in [1.165, 1.54) is 11.5 Å². The van der Waals surface area contributed by atoms with Crippen molar-refractivity contribution in [3.63, 3.8) is 0 Å². The normalized spacial score (nSPS) is 25.1. The van der Waals surface area contributed by atoms with Crippen LogP contribution >= 0.6 is 11.5 Å². The molecule has 0 aliphatic carbocycles. The van der Waals surface area contributed by atoms with E-state index in [9.17, 15) is 0 Å². The fourth-order valence-corrected chi connectivity index (χ4v) is 2.00. The highest BCUT2D eigenvalue weighted by atomic mass is 32.1. The molecule has 5 nitrogen and oxygen atoms in total. The molecule has 0 spiro atoms. The molecule has 1 aromatic heterocycles. The maximum absolute atomic E-state index is 5.44. The quantitative estimate of drug-likeness (QED) is 0.767. The van der Waals surface area contributed by atoms with Crippen LogP contribution in [0.5, 0.6) is 0 Å². The van der Waals surface area contributed by atoms with Crippen molar-refractivity contribution in [1.29, 1.82) is 0 Å². The molecule has 1 unspecified atom stereocenters. The summed E-state index contributed by atoms with van der Waals surface area (Å²) < 4.78 is 9.33. The van der Waals surface area contributed by atoms with Gasteiger partial charge < -0.3 is 15.8 Å². The minimum Gasteiger partial charge on any atom is -0.379 e. The molecule has 1 saturated heterocycles. The molecule has 3 N–H and O–H groups in total. The molecule has 1 fully saturated rings. The predicted octanol–water partition coefficient (Wildman–Crippen LogP) is 0.957. The Morgan fingerprint density at radius 3 is 2.93 bits per heavy atom. The lowest BCUT2D eigenvalue weighted by Crippen LogP contribution is -2.34. The maximum Gasteiger partial charge on any atom is 0.233 e. The molecule has 1 atom stereocenters. The number of aromatic nitrogens is 2. The van der Waals surface area contributed by atoms with Gasteiger partial charge in [0.25, 0.3) is 0 Å². The van der Waals surface area contributed by atoms with E-state index in [1.807, 2.05) is 0 Å². The van der Waals surface area contributed by atoms with Crippen LogP contribution in [0.1, 0.15) is 13.8 Å². The van der Waals surface area contributed by atoms with Crippen molar-refractivity contribution >= 4 is 22.6 Å². The zero-order valence-corrected chi connectivity index (χ0v) is 9.10. The summed E-state index contributed by atoms with van der Waals surface area (Å²) in [4.78, 5) is 4.06. The number of nitrogens with two attached hydrogens (primary N) is 1. The third-order valence-corrected chi connectivity index (χ3v) is 3.10. The number of anilines is 2. The van der Waals surface area contributed by atoms with Gasteiger partial charge in [0.15, 0.2) is 0 Å². The zero-order chi connectivity index (χ0) is 10.2. The number of nitrogens with zero attached hydrogens (tertiary/aromatic N) is 2. The number of ether oxygens (including phenoxy) is 1. The Hall–Kier alpha value is -0.880. The SMILES string of the molecule is CC1(C)COCC1Nc1nc(N)ns1. The lowest BCUT2D eigenvalue weighted by atomic mass is 9.88. The lowest BCUT2D eigenvalue weighted by Gasteiger charge is -2.24. The summed E-state index contributed by atoms with van der Waals surface area (Å²) in [5.41, 5.74) is 5.58. The van der Waals surface area contributed by atoms with E-state index in [-0.39, 0.29) is 11.5 Å². The molecule has 0 aromatic carbocycles. The van der Waals surface area contributed by atoms with Crippen LogP contribution in [0.3, 0.4) is 0 Å². The Balaban J connectivity index is 2.04. The second-order valence-electron chi connectivity index (χ2n) is 4.16. The van der Waals surface area contributed by atoms with Crippen LogP contribution in [-0.4, -0.2) is 28.6 Å². The highest BCUT2D eigenvalue weighted by molar-refractivity contribution is 7.09. The zero-order valence-electron chi connectivity index (χ0n) is 8.28. The van der Waals surface area contributed by atoms with E-state index in [1.54, 1.807) is 0 Å². The van der Waals surface area contributed by atoms with E-state index in [4.69, 9.17) is 10.5 Å². The average molecular weight is 214 g/mol. The van der Waals surface area contributed by atoms with Crippen LogP contribution in [0.25, 0.3) is 0 Å². The number of hydrogen-bond acceptors (Lipinski definition) is 6. The molecular weight excluding hydrogens is 200 g/mol. The van der Waals surface area contributed by atoms with Crippen molar-refractivity contribution in [3.05, 3.63) is 0 Å². The minimum absolute atomic E-state index is 0.139. The highest BCUT2D eigenvalue weighted by Crippen LogP contribution is 2.30. The lowest BCUT2D eigenvalue weighted by molar-refractivity contribution is 0.167. The number of nitrogens with one attached hydrogen (secondary N) is 1. The van der Waals surface area contributed by atoms with E-state index in [0.717, 1.165) is 11.7 Å². The third kappa shape index (κ3) is 1.80. The Bertz CT molecular complexity index is 325. The van der Waals surface area contributed by atoms with E-state index in [0.29, 0.717) is 12.6 Å². The molecule has 1 aliphatic heterocycles. The highest BCUT2D eigenvalue weighted by Gasteiger charge is 2.36. The smallest absolute Gasteiger partial charge is 0.233 e. The van der Waals surface area contributed by atoms with Crippen LogP contribution < -0.4 is 11.1 Å². The Kier molecular flexibility index (Phi) is 2.32. The first-order valence-corrected chi connectivity index (χ1v) is 5.29. The van der Waals surface area contributed by atoms with Gasteiger partial charge in [-0.05, 0) is 0 Å². The van der Waals surface area contributed by atoms with Gasteiger partial charge in [-0.3, -0.25) is 0 Å². The van der Waals surface area contributed by atoms with Crippen molar-refractivity contribution in [2.75, 3.05) is 24.3 Å². The summed E-state index contributed by atoms with van der Waals surface area (Å²) in [5.74, 6) is 0.328. The van der Waals surface area contributed by atoms with Crippen molar-refractivity contribution < 1.29 is 4.74 Å². The summed E-state index contributed by atoms with van der Waals surface area (Å²) in [6.45, 7) is 5.83. The molecule has 1 aromatic rings. The number of rotatable bonds is 2. The van der Waals surface area contributed by atoms with Crippen LogP contribution in [-0.2, 0) is 4.74 Å². The molecule has 0 saturated carbocycles. The standard InChI is InChI=1S/C8H14N4OS/c1-8(2)4-13-3-5(8)10-7-11-6(9)12-14-7/h5H,3-4H2,1-2H3,(H3,9,10,11,12). The van der Waals surface area contributed by atoms with Gasteiger partial charge in [0.05, 0.1) is 19.3 Å². The molecule has 6 heteroatoms. The molecular formula is C8H14N4OS. The van der Waals surface area contributed by atoms with E-state index in [2.05, 4.69) is 28.5 Å². The second kappa shape index (κ2) is 3.36. The predicted molar refractivity (Wildman–Crippen MR) is 56.3 cm³/mol. The van der Waals surface area contributed by atoms with Gasteiger partial charge in [0.2, 0.25) is 11.1 Å². The fraction of sp³-hybridized carbons (Fsp3) is 0.750. The molecule has 78 valence electrons. The Morgan fingerprint density at radius 1 is 1.64 bits per heavy atom. The van der Waals surface area contributed by atoms with Gasteiger partial charge in [-0.1, -0.05) is 13.8 Å². The molecule has 1 aliphatic rings. The third-order valence-electron chi connectivity index (χ3n) is 2.44. The monoisotopic (exact) mass is 214 g/mol. The molecule has 0 bridgehead atoms. The van der Waals surface area contributed by atoms with Crippen LogP contribution in [0, 0.1) is 5.41 Å². The van der Waals surface area contributed by atoms with Gasteiger partial charge in [0, 0.05) is 16.9 Å². The van der Waals surface area contributed by atoms with Gasteiger partial charge in [0.1, 0.15) is 0 Å². The summed E-state index contributed by atoms with van der Waals surface area (Å²) in [6.07, 6.45) is 0. The topological polar surface area (TPSA) is 73.1 Å². The largest absolute Gasteiger partial charge is 0.379 e. The van der Waals surface area contributed by atoms with Crippen LogP contribution in [0.2, 0.25) is 0 Å². The molecule has 2 heterocycles. The van der Waals surface area contributed by atoms with Crippen LogP contribution in [0.4, 0.5) is 11.1 Å². The summed E-state index contributed by atoms with van der Waals surface area (Å²) in [7, 11) is 0. The Labute approximate surface area is 86.8 Å². The number of nitrogen functional groups attached to an aromatic ring is 1. The van der Waals surface area contributed by atoms with Crippen LogP contribution in [0.15, 0.2) is 0 Å². The van der Waals surface area contributed by atoms with E-state index < -0.39 is 0 Å². The first-order valence-electron chi connectivity index (χ1n) is 4.51. The van der Waals surface area contributed by atoms with Crippen molar-refractivity contribution in [1.82, 2.24) is 9.36 Å². The van der Waals surface area contributed by atoms with Gasteiger partial charge in [-0.25, -0.2) is 0 Å². The summed E-state index contributed by atoms with van der Waals surface area (Å²) in [5, 5.41) is 4.06. The van der Waals surface area contributed by atoms with Gasteiger partial charge in [-0.2, -0.15) is 9.36 Å². The average Bonchev–Trinajstić information content (AvgIpc) is 2.61. The fourth-order valence-electron chi connectivity index (χ4n) is 1.45. The molecule has 14 heavy (non-hydrogen) atoms. The van der Waals surface area contributed by atoms with Crippen molar-refractivity contribution in [2.45, 2.75) is 19.9 Å². The molecule has 0 amide bonds. The van der Waals surface area contributed by atoms with E-state index >= 15 is 0 Å². The number of hydrogen-bond donors (Lipinski definition) is 2. The maximum atomic E-state index is 5.44. The second-order valence-corrected chi connectivity index (χ2v) is 4.91. The Morgan fingerprint density at radius 2 is 2.43 bits per heavy atom.